The molecule has 1 atom stereocenters. The summed E-state index contributed by atoms with van der Waals surface area (Å²) in [7, 11) is 0. The lowest BCUT2D eigenvalue weighted by atomic mass is 10.1. The first kappa shape index (κ1) is 12.0. The largest absolute Gasteiger partial charge is 0.352 e. The van der Waals surface area contributed by atoms with Gasteiger partial charge < -0.3 is 9.80 Å². The predicted molar refractivity (Wildman–Crippen MR) is 73.6 cm³/mol. The summed E-state index contributed by atoms with van der Waals surface area (Å²) in [6.45, 7) is 4.67. The minimum atomic E-state index is 0.316. The van der Waals surface area contributed by atoms with Gasteiger partial charge >= 0.3 is 0 Å². The second-order valence-electron chi connectivity index (χ2n) is 4.99. The number of fused-ring (bicyclic) bond motifs is 1. The average Bonchev–Trinajstić information content (AvgIpc) is 2.74. The Hall–Kier alpha value is -1.10. The van der Waals surface area contributed by atoms with Crippen molar-refractivity contribution in [2.24, 2.45) is 0 Å². The summed E-state index contributed by atoms with van der Waals surface area (Å²) in [5.74, 6) is 1.32. The molecule has 0 saturated carbocycles. The molecule has 2 aliphatic rings. The van der Waals surface area contributed by atoms with Gasteiger partial charge in [0.1, 0.15) is 5.82 Å². The minimum Gasteiger partial charge on any atom is -0.352 e. The van der Waals surface area contributed by atoms with Gasteiger partial charge in [-0.1, -0.05) is 0 Å². The van der Waals surface area contributed by atoms with Crippen LogP contribution in [0.3, 0.4) is 0 Å². The predicted octanol–water partition coefficient (Wildman–Crippen LogP) is 1.96. The molecule has 0 radical (unpaired) electrons. The van der Waals surface area contributed by atoms with E-state index in [0.717, 1.165) is 36.3 Å². The van der Waals surface area contributed by atoms with E-state index >= 15 is 0 Å². The van der Waals surface area contributed by atoms with Crippen LogP contribution in [0.5, 0.6) is 0 Å². The Morgan fingerprint density at radius 2 is 2.28 bits per heavy atom. The Labute approximate surface area is 115 Å². The van der Waals surface area contributed by atoms with E-state index in [1.807, 2.05) is 17.2 Å². The van der Waals surface area contributed by atoms with E-state index in [9.17, 15) is 4.79 Å². The molecule has 0 aliphatic carbocycles. The zero-order valence-electron chi connectivity index (χ0n) is 10.4. The normalized spacial score (nSPS) is 23.4. The highest BCUT2D eigenvalue weighted by Gasteiger charge is 2.36. The van der Waals surface area contributed by atoms with Crippen molar-refractivity contribution in [3.05, 3.63) is 22.3 Å². The van der Waals surface area contributed by atoms with Gasteiger partial charge in [-0.05, 0) is 40.9 Å². The third kappa shape index (κ3) is 1.90. The van der Waals surface area contributed by atoms with Crippen LogP contribution >= 0.6 is 15.9 Å². The van der Waals surface area contributed by atoms with Crippen molar-refractivity contribution in [3.63, 3.8) is 0 Å². The number of hydrogen-bond acceptors (Lipinski definition) is 3. The molecule has 1 amide bonds. The summed E-state index contributed by atoms with van der Waals surface area (Å²) in [4.78, 5) is 20.4. The molecule has 0 bridgehead atoms. The van der Waals surface area contributed by atoms with Gasteiger partial charge in [0.25, 0.3) is 0 Å². The highest BCUT2D eigenvalue weighted by molar-refractivity contribution is 9.10. The molecule has 2 aliphatic heterocycles. The molecular formula is C13H16BrN3O. The number of aromatic nitrogens is 1. The molecule has 0 aromatic carbocycles. The van der Waals surface area contributed by atoms with Crippen LogP contribution in [-0.4, -0.2) is 41.5 Å². The van der Waals surface area contributed by atoms with E-state index in [0.29, 0.717) is 18.4 Å². The number of carbonyl (C=O) groups is 1. The van der Waals surface area contributed by atoms with Gasteiger partial charge in [-0.15, -0.1) is 0 Å². The second-order valence-corrected chi connectivity index (χ2v) is 5.78. The maximum absolute atomic E-state index is 11.7. The second kappa shape index (κ2) is 4.53. The van der Waals surface area contributed by atoms with Gasteiger partial charge in [0.2, 0.25) is 5.91 Å². The van der Waals surface area contributed by atoms with Gasteiger partial charge in [-0.3, -0.25) is 4.79 Å². The lowest BCUT2D eigenvalue weighted by Gasteiger charge is -2.38. The van der Waals surface area contributed by atoms with Crippen LogP contribution in [0, 0.1) is 6.92 Å². The van der Waals surface area contributed by atoms with E-state index < -0.39 is 0 Å². The molecule has 5 heteroatoms. The highest BCUT2D eigenvalue weighted by atomic mass is 79.9. The molecule has 18 heavy (non-hydrogen) atoms. The van der Waals surface area contributed by atoms with Crippen molar-refractivity contribution in [3.8, 4) is 0 Å². The third-order valence-electron chi connectivity index (χ3n) is 3.86. The first-order chi connectivity index (χ1) is 8.66. The molecule has 1 unspecified atom stereocenters. The number of aryl methyl sites for hydroxylation is 1. The van der Waals surface area contributed by atoms with Crippen molar-refractivity contribution in [2.75, 3.05) is 24.5 Å². The number of carbonyl (C=O) groups excluding carboxylic acids is 1. The van der Waals surface area contributed by atoms with Crippen LogP contribution in [0.1, 0.15) is 18.4 Å². The fraction of sp³-hybridized carbons (Fsp3) is 0.538. The van der Waals surface area contributed by atoms with Crippen LogP contribution in [0.4, 0.5) is 5.82 Å². The quantitative estimate of drug-likeness (QED) is 0.796. The number of anilines is 1. The number of nitrogens with zero attached hydrogens (tertiary/aromatic N) is 3. The molecule has 0 N–H and O–H groups in total. The standard InChI is InChI=1S/C13H16BrN3O/c1-9-4-5-15-13(12(9)14)16-6-7-17-10(8-16)2-3-11(17)18/h4-5,10H,2-3,6-8H2,1H3. The maximum Gasteiger partial charge on any atom is 0.223 e. The number of amides is 1. The molecule has 4 nitrogen and oxygen atoms in total. The van der Waals surface area contributed by atoms with Gasteiger partial charge in [0.05, 0.1) is 4.47 Å². The Morgan fingerprint density at radius 1 is 1.44 bits per heavy atom. The van der Waals surface area contributed by atoms with Crippen molar-refractivity contribution >= 4 is 27.7 Å². The Kier molecular flexibility index (Phi) is 3.01. The van der Waals surface area contributed by atoms with E-state index in [4.69, 9.17) is 0 Å². The zero-order valence-corrected chi connectivity index (χ0v) is 12.0. The number of halogens is 1. The molecule has 3 heterocycles. The van der Waals surface area contributed by atoms with Gasteiger partial charge in [0, 0.05) is 38.3 Å². The highest BCUT2D eigenvalue weighted by Crippen LogP contribution is 2.30. The van der Waals surface area contributed by atoms with Crippen LogP contribution < -0.4 is 4.90 Å². The van der Waals surface area contributed by atoms with E-state index in [2.05, 4.69) is 32.7 Å². The van der Waals surface area contributed by atoms with Crippen LogP contribution in [0.25, 0.3) is 0 Å². The van der Waals surface area contributed by atoms with Gasteiger partial charge in [-0.2, -0.15) is 0 Å². The number of rotatable bonds is 1. The average molecular weight is 310 g/mol. The van der Waals surface area contributed by atoms with Crippen LogP contribution in [0.2, 0.25) is 0 Å². The lowest BCUT2D eigenvalue weighted by Crippen LogP contribution is -2.51. The smallest absolute Gasteiger partial charge is 0.223 e. The summed E-state index contributed by atoms with van der Waals surface area (Å²) in [5.41, 5.74) is 1.20. The molecule has 2 saturated heterocycles. The molecule has 1 aromatic heterocycles. The Bertz CT molecular complexity index is 491. The summed E-state index contributed by atoms with van der Waals surface area (Å²) < 4.78 is 1.07. The number of hydrogen-bond donors (Lipinski definition) is 0. The van der Waals surface area contributed by atoms with Gasteiger partial charge in [0.15, 0.2) is 0 Å². The number of piperazine rings is 1. The third-order valence-corrected chi connectivity index (χ3v) is 4.84. The molecule has 0 spiro atoms. The summed E-state index contributed by atoms with van der Waals surface area (Å²) >= 11 is 3.62. The van der Waals surface area contributed by atoms with Crippen molar-refractivity contribution in [1.29, 1.82) is 0 Å². The maximum atomic E-state index is 11.7. The summed E-state index contributed by atoms with van der Waals surface area (Å²) in [6.07, 6.45) is 3.54. The van der Waals surface area contributed by atoms with E-state index in [1.165, 1.54) is 5.56 Å². The van der Waals surface area contributed by atoms with Crippen LogP contribution in [0.15, 0.2) is 16.7 Å². The SMILES string of the molecule is Cc1ccnc(N2CCN3C(=O)CCC3C2)c1Br. The fourth-order valence-electron chi connectivity index (χ4n) is 2.80. The van der Waals surface area contributed by atoms with Crippen molar-refractivity contribution in [1.82, 2.24) is 9.88 Å². The molecule has 2 fully saturated rings. The van der Waals surface area contributed by atoms with Crippen molar-refractivity contribution in [2.45, 2.75) is 25.8 Å². The van der Waals surface area contributed by atoms with Crippen LogP contribution in [-0.2, 0) is 4.79 Å². The van der Waals surface area contributed by atoms with E-state index in [-0.39, 0.29) is 0 Å². The first-order valence-corrected chi connectivity index (χ1v) is 7.11. The first-order valence-electron chi connectivity index (χ1n) is 6.32. The minimum absolute atomic E-state index is 0.316. The fourth-order valence-corrected chi connectivity index (χ4v) is 3.29. The summed E-state index contributed by atoms with van der Waals surface area (Å²) in [6, 6.07) is 2.38. The van der Waals surface area contributed by atoms with E-state index in [1.54, 1.807) is 0 Å². The van der Waals surface area contributed by atoms with Crippen molar-refractivity contribution < 1.29 is 4.79 Å². The number of pyridine rings is 1. The summed E-state index contributed by atoms with van der Waals surface area (Å²) in [5, 5.41) is 0. The molecule has 96 valence electrons. The molecule has 1 aromatic rings. The Morgan fingerprint density at radius 3 is 3.11 bits per heavy atom. The zero-order chi connectivity index (χ0) is 12.7. The monoisotopic (exact) mass is 309 g/mol. The van der Waals surface area contributed by atoms with Gasteiger partial charge in [-0.25, -0.2) is 4.98 Å². The topological polar surface area (TPSA) is 36.4 Å². The molecule has 3 rings (SSSR count). The molecular weight excluding hydrogens is 294 g/mol. The Balaban J connectivity index is 1.83. The lowest BCUT2D eigenvalue weighted by molar-refractivity contribution is -0.129.